The smallest absolute Gasteiger partial charge is 0.121 e. The van der Waals surface area contributed by atoms with Crippen molar-refractivity contribution in [2.24, 2.45) is 0 Å². The molecule has 0 fully saturated rings. The zero-order chi connectivity index (χ0) is 53.7. The van der Waals surface area contributed by atoms with Crippen molar-refractivity contribution in [1.29, 1.82) is 0 Å². The molecule has 0 saturated carbocycles. The molecule has 0 aromatic heterocycles. The van der Waals surface area contributed by atoms with E-state index in [1.807, 2.05) is 0 Å². The molecule has 3 nitrogen and oxygen atoms in total. The Morgan fingerprint density at radius 3 is 1.59 bits per heavy atom. The van der Waals surface area contributed by atoms with Crippen molar-refractivity contribution in [2.75, 3.05) is 9.80 Å². The summed E-state index contributed by atoms with van der Waals surface area (Å²) in [4.78, 5) is 4.99. The van der Waals surface area contributed by atoms with Crippen molar-refractivity contribution in [3.8, 4) is 44.5 Å². The van der Waals surface area contributed by atoms with Crippen LogP contribution >= 0.6 is 0 Å². The third kappa shape index (κ3) is 7.32. The van der Waals surface area contributed by atoms with Gasteiger partial charge < -0.3 is 14.5 Å². The first-order valence-corrected chi connectivity index (χ1v) is 29.2. The van der Waals surface area contributed by atoms with Crippen molar-refractivity contribution in [3.63, 3.8) is 0 Å². The largest absolute Gasteiger partial charge is 0.490 e. The first-order valence-electron chi connectivity index (χ1n) is 29.2. The molecule has 2 unspecified atom stereocenters. The zero-order valence-electron chi connectivity index (χ0n) is 46.3. The van der Waals surface area contributed by atoms with Gasteiger partial charge in [0.05, 0.1) is 11.1 Å². The predicted octanol–water partition coefficient (Wildman–Crippen LogP) is 20.6. The third-order valence-electron chi connectivity index (χ3n) is 18.9. The number of ether oxygens (including phenoxy) is 1. The Balaban J connectivity index is 0.881. The second-order valence-corrected chi connectivity index (χ2v) is 24.0. The first kappa shape index (κ1) is 48.5. The monoisotopic (exact) mass is 1030 g/mol. The number of hydrogen-bond acceptors (Lipinski definition) is 3. The number of para-hydroxylation sites is 1. The molecule has 5 aliphatic carbocycles. The standard InChI is InChI=1S/C77H66N2O/c1-75(2)64-29-19-16-25-58(64)61-47-45-56(49-69(61)75)78(53-23-10-9-11-24-53)54-41-37-51(38-42-54)52-39-43-55(44-40-52)79(57-46-48-62-59-26-17-20-30-65(59)76(3,4)70(62)50-57)71-34-22-28-63-60-27-18-21-31-66(60)77(74(63)71)67-32-12-5-7-14-35-72(67)80-73-36-15-8-6-13-33-68(73)77/h5,9-13,16-34,37-50,72H,6-8,14-15,35-36H2,1-4H3/b12-5-,33-13?,67-32?. The Labute approximate surface area is 472 Å². The van der Waals surface area contributed by atoms with Crippen LogP contribution in [0.5, 0.6) is 0 Å². The molecule has 0 amide bonds. The van der Waals surface area contributed by atoms with Crippen LogP contribution in [0.3, 0.4) is 0 Å². The maximum absolute atomic E-state index is 7.32. The summed E-state index contributed by atoms with van der Waals surface area (Å²) in [5.74, 6) is 1.16. The molecule has 1 spiro atoms. The fraction of sp³-hybridized carbons (Fsp3) is 0.195. The van der Waals surface area contributed by atoms with Crippen LogP contribution in [0, 0.1) is 0 Å². The molecule has 2 atom stereocenters. The molecule has 0 N–H and O–H groups in total. The highest BCUT2D eigenvalue weighted by Crippen LogP contribution is 2.65. The van der Waals surface area contributed by atoms with E-state index in [4.69, 9.17) is 4.74 Å². The molecule has 9 aromatic carbocycles. The van der Waals surface area contributed by atoms with E-state index in [-0.39, 0.29) is 16.9 Å². The summed E-state index contributed by atoms with van der Waals surface area (Å²) in [5, 5.41) is 0. The fourth-order valence-corrected chi connectivity index (χ4v) is 15.0. The van der Waals surface area contributed by atoms with Crippen LogP contribution < -0.4 is 9.80 Å². The van der Waals surface area contributed by atoms with E-state index >= 15 is 0 Å². The van der Waals surface area contributed by atoms with Gasteiger partial charge in [0, 0.05) is 56.8 Å². The number of nitrogens with zero attached hydrogens (tertiary/aromatic N) is 2. The van der Waals surface area contributed by atoms with Gasteiger partial charge in [-0.1, -0.05) is 198 Å². The van der Waals surface area contributed by atoms with E-state index in [2.05, 4.69) is 274 Å². The molecular weight excluding hydrogens is 969 g/mol. The normalized spacial score (nSPS) is 19.7. The maximum Gasteiger partial charge on any atom is 0.121 e. The molecular formula is C77H66N2O. The summed E-state index contributed by atoms with van der Waals surface area (Å²) in [6.07, 6.45) is 19.4. The molecule has 1 heterocycles. The lowest BCUT2D eigenvalue weighted by atomic mass is 9.62. The first-order chi connectivity index (χ1) is 39.2. The van der Waals surface area contributed by atoms with Gasteiger partial charge >= 0.3 is 0 Å². The van der Waals surface area contributed by atoms with Gasteiger partial charge in [0.1, 0.15) is 11.9 Å². The second-order valence-electron chi connectivity index (χ2n) is 24.0. The minimum Gasteiger partial charge on any atom is -0.490 e. The average molecular weight is 1040 g/mol. The maximum atomic E-state index is 7.32. The lowest BCUT2D eigenvalue weighted by molar-refractivity contribution is 0.101. The van der Waals surface area contributed by atoms with Crippen LogP contribution in [-0.4, -0.2) is 6.10 Å². The summed E-state index contributed by atoms with van der Waals surface area (Å²) in [6.45, 7) is 9.52. The molecule has 1 aliphatic heterocycles. The number of anilines is 6. The topological polar surface area (TPSA) is 15.7 Å². The number of hydrogen-bond donors (Lipinski definition) is 0. The molecule has 0 saturated heterocycles. The molecule has 3 heteroatoms. The molecule has 15 rings (SSSR count). The molecule has 390 valence electrons. The van der Waals surface area contributed by atoms with E-state index in [1.165, 1.54) is 101 Å². The highest BCUT2D eigenvalue weighted by Gasteiger charge is 2.55. The van der Waals surface area contributed by atoms with Crippen LogP contribution in [0.15, 0.2) is 254 Å². The fourth-order valence-electron chi connectivity index (χ4n) is 15.0. The molecule has 6 aliphatic rings. The summed E-state index contributed by atoms with van der Waals surface area (Å²) in [7, 11) is 0. The van der Waals surface area contributed by atoms with Gasteiger partial charge in [0.25, 0.3) is 0 Å². The van der Waals surface area contributed by atoms with Gasteiger partial charge in [0.2, 0.25) is 0 Å². The van der Waals surface area contributed by atoms with Crippen LogP contribution in [-0.2, 0) is 21.0 Å². The predicted molar refractivity (Wildman–Crippen MR) is 333 cm³/mol. The van der Waals surface area contributed by atoms with Gasteiger partial charge in [-0.25, -0.2) is 0 Å². The summed E-state index contributed by atoms with van der Waals surface area (Å²) in [6, 6.07) is 77.9. The van der Waals surface area contributed by atoms with E-state index < -0.39 is 5.41 Å². The van der Waals surface area contributed by atoms with Crippen molar-refractivity contribution < 1.29 is 4.74 Å². The number of allylic oxidation sites excluding steroid dienone is 7. The quantitative estimate of drug-likeness (QED) is 0.158. The van der Waals surface area contributed by atoms with Crippen molar-refractivity contribution in [3.05, 3.63) is 287 Å². The van der Waals surface area contributed by atoms with Gasteiger partial charge in [-0.15, -0.1) is 0 Å². The molecule has 0 radical (unpaired) electrons. The Morgan fingerprint density at radius 1 is 0.425 bits per heavy atom. The zero-order valence-corrected chi connectivity index (χ0v) is 46.3. The number of rotatable bonds is 7. The van der Waals surface area contributed by atoms with Gasteiger partial charge in [-0.05, 0) is 183 Å². The van der Waals surface area contributed by atoms with E-state index in [1.54, 1.807) is 0 Å². The molecule has 0 bridgehead atoms. The SMILES string of the molecule is CC1(C)c2ccccc2-c2ccc(N(c3ccccc3)c3ccc(-c4ccc(N(c5ccc6c(c5)C(C)(C)c5ccccc5-6)c5cccc6c5C5(C7=C/C=C\CCCC7OC7=C5C=CCCCC7)c5ccccc5-6)cc4)cc3)cc21. The highest BCUT2D eigenvalue weighted by atomic mass is 16.5. The molecule has 9 aromatic rings. The van der Waals surface area contributed by atoms with Crippen LogP contribution in [0.4, 0.5) is 34.1 Å². The molecule has 80 heavy (non-hydrogen) atoms. The van der Waals surface area contributed by atoms with Crippen molar-refractivity contribution in [2.45, 2.75) is 95.0 Å². The van der Waals surface area contributed by atoms with Crippen LogP contribution in [0.25, 0.3) is 44.5 Å². The van der Waals surface area contributed by atoms with Gasteiger partial charge in [-0.2, -0.15) is 0 Å². The Kier molecular flexibility index (Phi) is 11.4. The minimum atomic E-state index is -0.572. The second kappa shape index (κ2) is 18.7. The third-order valence-corrected chi connectivity index (χ3v) is 18.9. The lowest BCUT2D eigenvalue weighted by Crippen LogP contribution is -2.42. The summed E-state index contributed by atoms with van der Waals surface area (Å²) in [5.41, 5.74) is 27.1. The van der Waals surface area contributed by atoms with E-state index in [9.17, 15) is 0 Å². The van der Waals surface area contributed by atoms with Crippen LogP contribution in [0.1, 0.15) is 106 Å². The van der Waals surface area contributed by atoms with Crippen molar-refractivity contribution in [1.82, 2.24) is 0 Å². The Hall–Kier alpha value is -8.66. The Morgan fingerprint density at radius 2 is 0.938 bits per heavy atom. The summed E-state index contributed by atoms with van der Waals surface area (Å²) >= 11 is 0. The van der Waals surface area contributed by atoms with Crippen LogP contribution in [0.2, 0.25) is 0 Å². The van der Waals surface area contributed by atoms with Gasteiger partial charge in [0.15, 0.2) is 0 Å². The lowest BCUT2D eigenvalue weighted by Gasteiger charge is -2.47. The van der Waals surface area contributed by atoms with Crippen molar-refractivity contribution >= 4 is 34.1 Å². The highest BCUT2D eigenvalue weighted by molar-refractivity contribution is 5.96. The minimum absolute atomic E-state index is 0.0322. The van der Waals surface area contributed by atoms with E-state index in [0.29, 0.717) is 0 Å². The Bertz CT molecular complexity index is 4070. The summed E-state index contributed by atoms with van der Waals surface area (Å²) < 4.78 is 7.32. The number of benzene rings is 9. The number of fused-ring (bicyclic) bond motifs is 14. The average Bonchev–Trinajstić information content (AvgIpc) is 4.22. The van der Waals surface area contributed by atoms with E-state index in [0.717, 1.165) is 72.7 Å². The van der Waals surface area contributed by atoms with Gasteiger partial charge in [-0.3, -0.25) is 0 Å².